The highest BCUT2D eigenvalue weighted by Crippen LogP contribution is 2.27. The molecule has 3 aromatic rings. The molecule has 0 unspecified atom stereocenters. The molecule has 1 aromatic heterocycles. The second-order valence-corrected chi connectivity index (χ2v) is 7.53. The molecule has 1 fully saturated rings. The monoisotopic (exact) mass is 404 g/mol. The Kier molecular flexibility index (Phi) is 5.63. The number of phenols is 1. The number of benzene rings is 2. The van der Waals surface area contributed by atoms with Gasteiger partial charge in [0.2, 0.25) is 0 Å². The van der Waals surface area contributed by atoms with Crippen LogP contribution in [0.3, 0.4) is 0 Å². The van der Waals surface area contributed by atoms with Crippen molar-refractivity contribution in [3.8, 4) is 28.3 Å². The summed E-state index contributed by atoms with van der Waals surface area (Å²) in [6.45, 7) is 1.53. The molecule has 1 aliphatic rings. The number of carbonyl (C=O) groups excluding carboxylic acids is 1. The van der Waals surface area contributed by atoms with E-state index in [-0.39, 0.29) is 18.3 Å². The number of aromatic hydroxyl groups is 1. The Labute approximate surface area is 174 Å². The number of anilines is 1. The Morgan fingerprint density at radius 1 is 1.03 bits per heavy atom. The highest BCUT2D eigenvalue weighted by atomic mass is 16.3. The van der Waals surface area contributed by atoms with Crippen LogP contribution in [-0.4, -0.2) is 50.7 Å². The molecule has 30 heavy (non-hydrogen) atoms. The molecule has 154 valence electrons. The Morgan fingerprint density at radius 3 is 2.30 bits per heavy atom. The maximum Gasteiger partial charge on any atom is 0.253 e. The molecule has 0 saturated carbocycles. The average molecular weight is 404 g/mol. The van der Waals surface area contributed by atoms with Crippen molar-refractivity contribution in [2.24, 2.45) is 5.92 Å². The standard InChI is InChI=1S/C23H24N4O3/c24-22-21(17-5-7-19(29)8-6-17)26-20(13-25-22)16-1-3-18(4-2-16)23(30)27-11-9-15(14-28)10-12-27/h1-8,13,15,28-29H,9-12,14H2,(H2,24,25). The molecular weight excluding hydrogens is 380 g/mol. The second-order valence-electron chi connectivity index (χ2n) is 7.53. The summed E-state index contributed by atoms with van der Waals surface area (Å²) in [6.07, 6.45) is 3.28. The Bertz CT molecular complexity index is 1030. The summed E-state index contributed by atoms with van der Waals surface area (Å²) >= 11 is 0. The smallest absolute Gasteiger partial charge is 0.253 e. The lowest BCUT2D eigenvalue weighted by atomic mass is 9.97. The highest BCUT2D eigenvalue weighted by molar-refractivity contribution is 5.94. The van der Waals surface area contributed by atoms with Crippen molar-refractivity contribution in [1.82, 2.24) is 14.9 Å². The van der Waals surface area contributed by atoms with E-state index >= 15 is 0 Å². The number of nitrogens with zero attached hydrogens (tertiary/aromatic N) is 3. The van der Waals surface area contributed by atoms with Crippen LogP contribution in [0.25, 0.3) is 22.5 Å². The topological polar surface area (TPSA) is 113 Å². The molecule has 0 aliphatic carbocycles. The third-order valence-corrected chi connectivity index (χ3v) is 5.53. The number of rotatable bonds is 4. The molecule has 2 heterocycles. The van der Waals surface area contributed by atoms with E-state index in [1.165, 1.54) is 0 Å². The molecule has 0 bridgehead atoms. The van der Waals surface area contributed by atoms with E-state index in [1.807, 2.05) is 17.0 Å². The molecule has 1 aliphatic heterocycles. The fourth-order valence-electron chi connectivity index (χ4n) is 3.65. The summed E-state index contributed by atoms with van der Waals surface area (Å²) < 4.78 is 0. The average Bonchev–Trinajstić information content (AvgIpc) is 2.80. The lowest BCUT2D eigenvalue weighted by Gasteiger charge is -2.31. The van der Waals surface area contributed by atoms with E-state index in [1.54, 1.807) is 42.6 Å². The molecule has 7 nitrogen and oxygen atoms in total. The zero-order valence-electron chi connectivity index (χ0n) is 16.5. The number of nitrogen functional groups attached to an aromatic ring is 1. The van der Waals surface area contributed by atoms with E-state index < -0.39 is 0 Å². The number of amides is 1. The summed E-state index contributed by atoms with van der Waals surface area (Å²) in [5.41, 5.74) is 9.41. The van der Waals surface area contributed by atoms with Crippen LogP contribution in [0.1, 0.15) is 23.2 Å². The minimum absolute atomic E-state index is 0.00566. The van der Waals surface area contributed by atoms with Crippen LogP contribution in [0.4, 0.5) is 5.82 Å². The molecule has 0 spiro atoms. The van der Waals surface area contributed by atoms with Gasteiger partial charge in [-0.1, -0.05) is 12.1 Å². The quantitative estimate of drug-likeness (QED) is 0.616. The number of hydrogen-bond acceptors (Lipinski definition) is 6. The maximum atomic E-state index is 12.8. The number of aromatic nitrogens is 2. The van der Waals surface area contributed by atoms with Gasteiger partial charge in [0.1, 0.15) is 17.3 Å². The van der Waals surface area contributed by atoms with E-state index in [4.69, 9.17) is 5.73 Å². The summed E-state index contributed by atoms with van der Waals surface area (Å²) in [4.78, 5) is 23.5. The first-order chi connectivity index (χ1) is 14.5. The number of piperidine rings is 1. The van der Waals surface area contributed by atoms with Crippen molar-refractivity contribution in [2.75, 3.05) is 25.4 Å². The third-order valence-electron chi connectivity index (χ3n) is 5.53. The summed E-state index contributed by atoms with van der Waals surface area (Å²) in [5, 5.41) is 18.7. The van der Waals surface area contributed by atoms with Crippen LogP contribution in [0, 0.1) is 5.92 Å². The van der Waals surface area contributed by atoms with E-state index in [0.29, 0.717) is 41.8 Å². The van der Waals surface area contributed by atoms with Crippen LogP contribution < -0.4 is 5.73 Å². The predicted molar refractivity (Wildman–Crippen MR) is 115 cm³/mol. The Morgan fingerprint density at radius 2 is 1.67 bits per heavy atom. The normalized spacial score (nSPS) is 14.6. The number of carbonyl (C=O) groups is 1. The SMILES string of the molecule is Nc1ncc(-c2ccc(C(=O)N3CCC(CO)CC3)cc2)nc1-c1ccc(O)cc1. The number of aliphatic hydroxyl groups is 1. The van der Waals surface area contributed by atoms with Gasteiger partial charge in [-0.3, -0.25) is 4.79 Å². The van der Waals surface area contributed by atoms with Gasteiger partial charge in [0.15, 0.2) is 0 Å². The minimum Gasteiger partial charge on any atom is -0.508 e. The van der Waals surface area contributed by atoms with Gasteiger partial charge in [0.25, 0.3) is 5.91 Å². The van der Waals surface area contributed by atoms with E-state index in [9.17, 15) is 15.0 Å². The highest BCUT2D eigenvalue weighted by Gasteiger charge is 2.23. The molecule has 4 rings (SSSR count). The zero-order chi connectivity index (χ0) is 21.1. The van der Waals surface area contributed by atoms with Gasteiger partial charge in [0.05, 0.1) is 11.9 Å². The minimum atomic E-state index is 0.00566. The number of nitrogens with two attached hydrogens (primary N) is 1. The van der Waals surface area contributed by atoms with Crippen LogP contribution in [0.15, 0.2) is 54.7 Å². The van der Waals surface area contributed by atoms with Crippen molar-refractivity contribution < 1.29 is 15.0 Å². The van der Waals surface area contributed by atoms with Gasteiger partial charge in [0, 0.05) is 36.4 Å². The van der Waals surface area contributed by atoms with Crippen molar-refractivity contribution in [3.63, 3.8) is 0 Å². The van der Waals surface area contributed by atoms with Gasteiger partial charge in [-0.05, 0) is 55.2 Å². The van der Waals surface area contributed by atoms with Gasteiger partial charge in [-0.2, -0.15) is 0 Å². The third kappa shape index (κ3) is 4.11. The molecule has 0 atom stereocenters. The number of likely N-dealkylation sites (tertiary alicyclic amines) is 1. The van der Waals surface area contributed by atoms with Crippen LogP contribution in [-0.2, 0) is 0 Å². The van der Waals surface area contributed by atoms with Gasteiger partial charge >= 0.3 is 0 Å². The molecule has 0 radical (unpaired) electrons. The molecule has 7 heteroatoms. The van der Waals surface area contributed by atoms with E-state index in [0.717, 1.165) is 24.0 Å². The molecule has 1 saturated heterocycles. The fraction of sp³-hybridized carbons (Fsp3) is 0.261. The summed E-state index contributed by atoms with van der Waals surface area (Å²) in [5.74, 6) is 0.777. The zero-order valence-corrected chi connectivity index (χ0v) is 16.5. The lowest BCUT2D eigenvalue weighted by Crippen LogP contribution is -2.39. The lowest BCUT2D eigenvalue weighted by molar-refractivity contribution is 0.0651. The Hall–Kier alpha value is -3.45. The van der Waals surface area contributed by atoms with Crippen molar-refractivity contribution >= 4 is 11.7 Å². The fourth-order valence-corrected chi connectivity index (χ4v) is 3.65. The molecule has 4 N–H and O–H groups in total. The van der Waals surface area contributed by atoms with Gasteiger partial charge in [-0.15, -0.1) is 0 Å². The molecular formula is C23H24N4O3. The first-order valence-corrected chi connectivity index (χ1v) is 9.97. The largest absolute Gasteiger partial charge is 0.508 e. The van der Waals surface area contributed by atoms with Crippen molar-refractivity contribution in [2.45, 2.75) is 12.8 Å². The van der Waals surface area contributed by atoms with Crippen LogP contribution >= 0.6 is 0 Å². The van der Waals surface area contributed by atoms with Crippen LogP contribution in [0.2, 0.25) is 0 Å². The maximum absolute atomic E-state index is 12.8. The number of phenolic OH excluding ortho intramolecular Hbond substituents is 1. The Balaban J connectivity index is 1.54. The molecule has 1 amide bonds. The van der Waals surface area contributed by atoms with Crippen molar-refractivity contribution in [1.29, 1.82) is 0 Å². The summed E-state index contributed by atoms with van der Waals surface area (Å²) in [6, 6.07) is 13.9. The second kappa shape index (κ2) is 8.51. The van der Waals surface area contributed by atoms with E-state index in [2.05, 4.69) is 9.97 Å². The van der Waals surface area contributed by atoms with Crippen LogP contribution in [0.5, 0.6) is 5.75 Å². The number of hydrogen-bond donors (Lipinski definition) is 3. The number of aliphatic hydroxyl groups excluding tert-OH is 1. The van der Waals surface area contributed by atoms with Gasteiger partial charge in [-0.25, -0.2) is 9.97 Å². The van der Waals surface area contributed by atoms with Crippen molar-refractivity contribution in [3.05, 3.63) is 60.3 Å². The predicted octanol–water partition coefficient (Wildman–Crippen LogP) is 2.94. The first-order valence-electron chi connectivity index (χ1n) is 9.97. The summed E-state index contributed by atoms with van der Waals surface area (Å²) in [7, 11) is 0. The molecule has 2 aromatic carbocycles. The first kappa shape index (κ1) is 19.8. The van der Waals surface area contributed by atoms with Gasteiger partial charge < -0.3 is 20.8 Å².